The smallest absolute Gasteiger partial charge is 0.161 e. The third kappa shape index (κ3) is 4.46. The average molecular weight is 278 g/mol. The van der Waals surface area contributed by atoms with Gasteiger partial charge in [-0.2, -0.15) is 0 Å². The van der Waals surface area contributed by atoms with E-state index in [-0.39, 0.29) is 6.10 Å². The number of thioether (sulfide) groups is 1. The lowest BCUT2D eigenvalue weighted by Gasteiger charge is -2.18. The van der Waals surface area contributed by atoms with E-state index in [9.17, 15) is 0 Å². The molecule has 0 radical (unpaired) electrons. The number of hydrogen-bond donors (Lipinski definition) is 1. The topological polar surface area (TPSA) is 33.6 Å². The summed E-state index contributed by atoms with van der Waals surface area (Å²) in [5.41, 5.74) is 1.04. The highest BCUT2D eigenvalue weighted by atomic mass is 32.2. The van der Waals surface area contributed by atoms with Gasteiger partial charge in [0.05, 0.1) is 12.1 Å². The second-order valence-corrected chi connectivity index (χ2v) is 5.99. The molecule has 1 aliphatic heterocycles. The maximum Gasteiger partial charge on any atom is 0.161 e. The maximum atomic E-state index is 5.83. The normalized spacial score (nSPS) is 20.6. The van der Waals surface area contributed by atoms with Crippen LogP contribution in [0, 0.1) is 0 Å². The van der Waals surface area contributed by atoms with Crippen molar-refractivity contribution >= 4 is 22.6 Å². The molecule has 1 heterocycles. The van der Waals surface area contributed by atoms with Crippen molar-refractivity contribution in [2.75, 3.05) is 11.1 Å². The van der Waals surface area contributed by atoms with Gasteiger partial charge in [0.1, 0.15) is 5.75 Å². The summed E-state index contributed by atoms with van der Waals surface area (Å²) in [5, 5.41) is 4.39. The van der Waals surface area contributed by atoms with E-state index in [0.29, 0.717) is 6.04 Å². The molecular weight excluding hydrogens is 256 g/mol. The Morgan fingerprint density at radius 3 is 3.11 bits per heavy atom. The Morgan fingerprint density at radius 2 is 2.37 bits per heavy atom. The van der Waals surface area contributed by atoms with Gasteiger partial charge < -0.3 is 10.1 Å². The SMILES string of the molecule is CCC(C)Oc1cccc(NC2=NC(C)CCS2)c1. The van der Waals surface area contributed by atoms with Crippen molar-refractivity contribution < 1.29 is 4.74 Å². The maximum absolute atomic E-state index is 5.83. The minimum Gasteiger partial charge on any atom is -0.491 e. The lowest BCUT2D eigenvalue weighted by molar-refractivity contribution is 0.217. The summed E-state index contributed by atoms with van der Waals surface area (Å²) < 4.78 is 5.83. The summed E-state index contributed by atoms with van der Waals surface area (Å²) in [5.74, 6) is 2.05. The number of anilines is 1. The van der Waals surface area contributed by atoms with Gasteiger partial charge in [-0.15, -0.1) is 0 Å². The molecule has 104 valence electrons. The Balaban J connectivity index is 2.02. The van der Waals surface area contributed by atoms with Crippen LogP contribution in [0.4, 0.5) is 5.69 Å². The molecule has 1 aromatic rings. The first-order valence-corrected chi connectivity index (χ1v) is 7.90. The van der Waals surface area contributed by atoms with Crippen molar-refractivity contribution in [2.45, 2.75) is 45.8 Å². The molecular formula is C15H22N2OS. The zero-order valence-corrected chi connectivity index (χ0v) is 12.7. The number of ether oxygens (including phenoxy) is 1. The average Bonchev–Trinajstić information content (AvgIpc) is 2.39. The van der Waals surface area contributed by atoms with Gasteiger partial charge in [-0.05, 0) is 38.8 Å². The van der Waals surface area contributed by atoms with Crippen molar-refractivity contribution in [3.63, 3.8) is 0 Å². The predicted molar refractivity (Wildman–Crippen MR) is 84.4 cm³/mol. The first-order valence-electron chi connectivity index (χ1n) is 6.91. The Morgan fingerprint density at radius 1 is 1.53 bits per heavy atom. The molecule has 1 aromatic carbocycles. The lowest BCUT2D eigenvalue weighted by atomic mass is 10.2. The standard InChI is InChI=1S/C15H22N2OS/c1-4-12(3)18-14-7-5-6-13(10-14)17-15-16-11(2)8-9-19-15/h5-7,10-12H,4,8-9H2,1-3H3,(H,16,17). The number of benzene rings is 1. The number of nitrogens with one attached hydrogen (secondary N) is 1. The molecule has 1 aliphatic rings. The summed E-state index contributed by atoms with van der Waals surface area (Å²) >= 11 is 1.78. The molecule has 0 bridgehead atoms. The first kappa shape index (κ1) is 14.3. The van der Waals surface area contributed by atoms with Crippen LogP contribution < -0.4 is 10.1 Å². The van der Waals surface area contributed by atoms with E-state index in [1.54, 1.807) is 11.8 Å². The molecule has 0 aromatic heterocycles. The molecule has 0 amide bonds. The van der Waals surface area contributed by atoms with Crippen LogP contribution in [0.1, 0.15) is 33.6 Å². The van der Waals surface area contributed by atoms with E-state index in [0.717, 1.165) is 35.2 Å². The van der Waals surface area contributed by atoms with Gasteiger partial charge in [0.2, 0.25) is 0 Å². The number of nitrogens with zero attached hydrogens (tertiary/aromatic N) is 1. The second kappa shape index (κ2) is 6.85. The fourth-order valence-corrected chi connectivity index (χ4v) is 2.88. The van der Waals surface area contributed by atoms with Crippen LogP contribution in [0.15, 0.2) is 29.3 Å². The quantitative estimate of drug-likeness (QED) is 0.898. The van der Waals surface area contributed by atoms with E-state index in [1.807, 2.05) is 24.3 Å². The monoisotopic (exact) mass is 278 g/mol. The number of hydrogen-bond acceptors (Lipinski definition) is 4. The highest BCUT2D eigenvalue weighted by molar-refractivity contribution is 8.14. The zero-order valence-electron chi connectivity index (χ0n) is 11.8. The fourth-order valence-electron chi connectivity index (χ4n) is 1.78. The van der Waals surface area contributed by atoms with E-state index < -0.39 is 0 Å². The van der Waals surface area contributed by atoms with Crippen molar-refractivity contribution in [3.05, 3.63) is 24.3 Å². The van der Waals surface area contributed by atoms with Crippen LogP contribution in [0.5, 0.6) is 5.75 Å². The Hall–Kier alpha value is -1.16. The highest BCUT2D eigenvalue weighted by Gasteiger charge is 2.12. The van der Waals surface area contributed by atoms with Gasteiger partial charge in [0.15, 0.2) is 5.17 Å². The van der Waals surface area contributed by atoms with Gasteiger partial charge in [-0.1, -0.05) is 24.8 Å². The minimum absolute atomic E-state index is 0.247. The van der Waals surface area contributed by atoms with E-state index in [1.165, 1.54) is 0 Å². The number of rotatable bonds is 4. The Bertz CT molecular complexity index is 448. The first-order chi connectivity index (χ1) is 9.17. The van der Waals surface area contributed by atoms with Gasteiger partial charge in [0.25, 0.3) is 0 Å². The van der Waals surface area contributed by atoms with Gasteiger partial charge >= 0.3 is 0 Å². The molecule has 1 N–H and O–H groups in total. The summed E-state index contributed by atoms with van der Waals surface area (Å²) in [4.78, 5) is 4.61. The summed E-state index contributed by atoms with van der Waals surface area (Å²) in [6.07, 6.45) is 2.42. The molecule has 0 spiro atoms. The molecule has 19 heavy (non-hydrogen) atoms. The molecule has 0 saturated carbocycles. The van der Waals surface area contributed by atoms with E-state index >= 15 is 0 Å². The molecule has 0 fully saturated rings. The third-order valence-corrected chi connectivity index (χ3v) is 4.03. The second-order valence-electron chi connectivity index (χ2n) is 4.91. The summed E-state index contributed by atoms with van der Waals surface area (Å²) in [6, 6.07) is 8.51. The van der Waals surface area contributed by atoms with Crippen LogP contribution in [-0.2, 0) is 0 Å². The van der Waals surface area contributed by atoms with Crippen LogP contribution in [0.2, 0.25) is 0 Å². The molecule has 2 unspecified atom stereocenters. The molecule has 2 atom stereocenters. The van der Waals surface area contributed by atoms with Crippen molar-refractivity contribution in [1.29, 1.82) is 0 Å². The third-order valence-electron chi connectivity index (χ3n) is 3.11. The molecule has 0 saturated heterocycles. The largest absolute Gasteiger partial charge is 0.491 e. The van der Waals surface area contributed by atoms with E-state index in [4.69, 9.17) is 4.74 Å². The van der Waals surface area contributed by atoms with Gasteiger partial charge in [-0.25, -0.2) is 0 Å². The molecule has 3 nitrogen and oxygen atoms in total. The van der Waals surface area contributed by atoms with E-state index in [2.05, 4.69) is 31.1 Å². The minimum atomic E-state index is 0.247. The Kier molecular flexibility index (Phi) is 5.14. The molecule has 2 rings (SSSR count). The highest BCUT2D eigenvalue weighted by Crippen LogP contribution is 2.23. The van der Waals surface area contributed by atoms with Crippen LogP contribution in [-0.4, -0.2) is 23.1 Å². The van der Waals surface area contributed by atoms with Gasteiger partial charge in [0, 0.05) is 17.5 Å². The number of amidine groups is 1. The van der Waals surface area contributed by atoms with Crippen LogP contribution in [0.25, 0.3) is 0 Å². The predicted octanol–water partition coefficient (Wildman–Crippen LogP) is 4.16. The van der Waals surface area contributed by atoms with Gasteiger partial charge in [-0.3, -0.25) is 4.99 Å². The molecule has 0 aliphatic carbocycles. The van der Waals surface area contributed by atoms with Crippen LogP contribution >= 0.6 is 11.8 Å². The zero-order chi connectivity index (χ0) is 13.7. The summed E-state index contributed by atoms with van der Waals surface area (Å²) in [6.45, 7) is 6.37. The van der Waals surface area contributed by atoms with Crippen molar-refractivity contribution in [2.24, 2.45) is 4.99 Å². The Labute approximate surface area is 119 Å². The van der Waals surface area contributed by atoms with Crippen LogP contribution in [0.3, 0.4) is 0 Å². The van der Waals surface area contributed by atoms with Crippen molar-refractivity contribution in [3.8, 4) is 5.75 Å². The van der Waals surface area contributed by atoms with Crippen molar-refractivity contribution in [1.82, 2.24) is 0 Å². The lowest BCUT2D eigenvalue weighted by Crippen LogP contribution is -2.18. The summed E-state index contributed by atoms with van der Waals surface area (Å²) in [7, 11) is 0. The molecule has 4 heteroatoms. The number of aliphatic imine (C=N–C) groups is 1. The fraction of sp³-hybridized carbons (Fsp3) is 0.533.